The molecule has 0 aromatic carbocycles. The molecule has 1 N–H and O–H groups in total. The maximum Gasteiger partial charge on any atom is 0.304 e. The first-order valence-corrected chi connectivity index (χ1v) is 6.55. The van der Waals surface area contributed by atoms with Crippen LogP contribution in [0.1, 0.15) is 19.8 Å². The molecule has 5 nitrogen and oxygen atoms in total. The van der Waals surface area contributed by atoms with Crippen molar-refractivity contribution in [3.05, 3.63) is 0 Å². The van der Waals surface area contributed by atoms with Crippen LogP contribution in [-0.4, -0.2) is 56.0 Å². The fraction of sp³-hybridized carbons (Fsp3) is 0.889. The van der Waals surface area contributed by atoms with Crippen LogP contribution in [0.25, 0.3) is 0 Å². The second-order valence-corrected chi connectivity index (χ2v) is 6.47. The maximum absolute atomic E-state index is 11.6. The van der Waals surface area contributed by atoms with Crippen molar-refractivity contribution in [3.8, 4) is 0 Å². The van der Waals surface area contributed by atoms with Gasteiger partial charge in [-0.05, 0) is 34.0 Å². The molecule has 90 valence electrons. The van der Waals surface area contributed by atoms with Crippen LogP contribution >= 0.6 is 0 Å². The Hall–Kier alpha value is -0.620. The summed E-state index contributed by atoms with van der Waals surface area (Å²) in [4.78, 5) is 12.3. The number of hydrogen-bond donors (Lipinski definition) is 1. The lowest BCUT2D eigenvalue weighted by molar-refractivity contribution is -0.136. The highest BCUT2D eigenvalue weighted by atomic mass is 32.2. The number of carboxylic acids is 1. The zero-order valence-corrected chi connectivity index (χ0v) is 10.2. The van der Waals surface area contributed by atoms with Gasteiger partial charge in [-0.15, -0.1) is 0 Å². The molecule has 0 aromatic rings. The Morgan fingerprint density at radius 3 is 2.33 bits per heavy atom. The van der Waals surface area contributed by atoms with E-state index in [2.05, 4.69) is 0 Å². The van der Waals surface area contributed by atoms with E-state index >= 15 is 0 Å². The van der Waals surface area contributed by atoms with Crippen LogP contribution in [-0.2, 0) is 14.6 Å². The molecular formula is C9H19NO4S. The highest BCUT2D eigenvalue weighted by Crippen LogP contribution is 2.08. The molecule has 0 aliphatic rings. The van der Waals surface area contributed by atoms with Crippen LogP contribution in [0, 0.1) is 0 Å². The van der Waals surface area contributed by atoms with Gasteiger partial charge in [0.1, 0.15) is 0 Å². The van der Waals surface area contributed by atoms with E-state index in [-0.39, 0.29) is 12.2 Å². The van der Waals surface area contributed by atoms with E-state index in [1.165, 1.54) is 6.92 Å². The number of carboxylic acid groups (broad SMARTS) is 1. The summed E-state index contributed by atoms with van der Waals surface area (Å²) in [6.07, 6.45) is 0.226. The van der Waals surface area contributed by atoms with Crippen molar-refractivity contribution < 1.29 is 18.3 Å². The average Bonchev–Trinajstić information content (AvgIpc) is 2.01. The molecule has 0 fully saturated rings. The van der Waals surface area contributed by atoms with E-state index in [0.29, 0.717) is 13.0 Å². The summed E-state index contributed by atoms with van der Waals surface area (Å²) in [5, 5.41) is 7.69. The van der Waals surface area contributed by atoms with Crippen LogP contribution in [0.5, 0.6) is 0 Å². The molecule has 0 rings (SSSR count). The van der Waals surface area contributed by atoms with Crippen LogP contribution in [0.3, 0.4) is 0 Å². The SMILES string of the molecule is CC(CC(=O)O)S(=O)(=O)CCCN(C)C. The molecule has 0 amide bonds. The molecule has 0 heterocycles. The van der Waals surface area contributed by atoms with Crippen LogP contribution < -0.4 is 0 Å². The summed E-state index contributed by atoms with van der Waals surface area (Å²) in [5.74, 6) is -1.02. The topological polar surface area (TPSA) is 74.7 Å². The van der Waals surface area contributed by atoms with E-state index in [4.69, 9.17) is 5.11 Å². The number of nitrogens with zero attached hydrogens (tertiary/aromatic N) is 1. The summed E-state index contributed by atoms with van der Waals surface area (Å²) < 4.78 is 23.1. The summed E-state index contributed by atoms with van der Waals surface area (Å²) in [5.41, 5.74) is 0. The lowest BCUT2D eigenvalue weighted by atomic mass is 10.3. The molecule has 0 aromatic heterocycles. The molecule has 1 unspecified atom stereocenters. The number of sulfone groups is 1. The normalized spacial score (nSPS) is 14.1. The number of hydrogen-bond acceptors (Lipinski definition) is 4. The Balaban J connectivity index is 4.12. The second-order valence-electron chi connectivity index (χ2n) is 3.93. The second kappa shape index (κ2) is 6.07. The van der Waals surface area contributed by atoms with E-state index in [1.807, 2.05) is 19.0 Å². The van der Waals surface area contributed by atoms with Gasteiger partial charge >= 0.3 is 5.97 Å². The number of rotatable bonds is 7. The van der Waals surface area contributed by atoms with Crippen molar-refractivity contribution in [2.24, 2.45) is 0 Å². The van der Waals surface area contributed by atoms with Gasteiger partial charge in [0, 0.05) is 0 Å². The zero-order chi connectivity index (χ0) is 12.1. The number of aliphatic carboxylic acids is 1. The minimum atomic E-state index is -3.26. The lowest BCUT2D eigenvalue weighted by Crippen LogP contribution is -2.26. The van der Waals surface area contributed by atoms with Crippen molar-refractivity contribution >= 4 is 15.8 Å². The summed E-state index contributed by atoms with van der Waals surface area (Å²) in [7, 11) is 0.478. The standard InChI is InChI=1S/C9H19NO4S/c1-8(7-9(11)12)15(13,14)6-4-5-10(2)3/h8H,4-7H2,1-3H3,(H,11,12). The van der Waals surface area contributed by atoms with Gasteiger partial charge in [0.2, 0.25) is 0 Å². The molecule has 0 bridgehead atoms. The largest absolute Gasteiger partial charge is 0.481 e. The molecule has 0 saturated carbocycles. The number of carbonyl (C=O) groups is 1. The van der Waals surface area contributed by atoms with E-state index in [1.54, 1.807) is 0 Å². The third-order valence-electron chi connectivity index (χ3n) is 2.11. The van der Waals surface area contributed by atoms with Gasteiger partial charge in [0.05, 0.1) is 17.4 Å². The van der Waals surface area contributed by atoms with Gasteiger partial charge in [-0.1, -0.05) is 0 Å². The Labute approximate surface area is 91.0 Å². The minimum absolute atomic E-state index is 0.0552. The van der Waals surface area contributed by atoms with E-state index < -0.39 is 21.1 Å². The molecule has 15 heavy (non-hydrogen) atoms. The molecule has 1 atom stereocenters. The highest BCUT2D eigenvalue weighted by Gasteiger charge is 2.22. The molecule has 0 saturated heterocycles. The van der Waals surface area contributed by atoms with Gasteiger partial charge in [-0.2, -0.15) is 0 Å². The predicted octanol–water partition coefficient (Wildman–Crippen LogP) is 0.216. The molecular weight excluding hydrogens is 218 g/mol. The Kier molecular flexibility index (Phi) is 5.82. The van der Waals surface area contributed by atoms with E-state index in [9.17, 15) is 13.2 Å². The smallest absolute Gasteiger partial charge is 0.304 e. The van der Waals surface area contributed by atoms with Crippen molar-refractivity contribution in [2.45, 2.75) is 25.0 Å². The summed E-state index contributed by atoms with van der Waals surface area (Å²) in [6, 6.07) is 0. The third kappa shape index (κ3) is 6.46. The first kappa shape index (κ1) is 14.4. The van der Waals surface area contributed by atoms with Gasteiger partial charge in [0.25, 0.3) is 0 Å². The fourth-order valence-electron chi connectivity index (χ4n) is 1.16. The maximum atomic E-state index is 11.6. The Morgan fingerprint density at radius 2 is 1.93 bits per heavy atom. The van der Waals surface area contributed by atoms with Crippen LogP contribution in [0.2, 0.25) is 0 Å². The highest BCUT2D eigenvalue weighted by molar-refractivity contribution is 7.92. The summed E-state index contributed by atoms with van der Waals surface area (Å²) >= 11 is 0. The Bertz CT molecular complexity index is 297. The minimum Gasteiger partial charge on any atom is -0.481 e. The Morgan fingerprint density at radius 1 is 1.40 bits per heavy atom. The predicted molar refractivity (Wildman–Crippen MR) is 58.7 cm³/mol. The summed E-state index contributed by atoms with van der Waals surface area (Å²) in [6.45, 7) is 2.14. The molecule has 0 aliphatic carbocycles. The van der Waals surface area contributed by atoms with Gasteiger partial charge < -0.3 is 10.0 Å². The van der Waals surface area contributed by atoms with Gasteiger partial charge in [0.15, 0.2) is 9.84 Å². The molecule has 0 radical (unpaired) electrons. The quantitative estimate of drug-likeness (QED) is 0.685. The monoisotopic (exact) mass is 237 g/mol. The van der Waals surface area contributed by atoms with Gasteiger partial charge in [-0.25, -0.2) is 8.42 Å². The van der Waals surface area contributed by atoms with Crippen molar-refractivity contribution in [1.29, 1.82) is 0 Å². The fourth-order valence-corrected chi connectivity index (χ4v) is 2.49. The molecule has 6 heteroatoms. The van der Waals surface area contributed by atoms with Crippen LogP contribution in [0.4, 0.5) is 0 Å². The molecule has 0 spiro atoms. The lowest BCUT2D eigenvalue weighted by Gasteiger charge is -2.12. The third-order valence-corrected chi connectivity index (χ3v) is 4.36. The van der Waals surface area contributed by atoms with Crippen molar-refractivity contribution in [3.63, 3.8) is 0 Å². The average molecular weight is 237 g/mol. The van der Waals surface area contributed by atoms with Crippen molar-refractivity contribution in [1.82, 2.24) is 4.90 Å². The van der Waals surface area contributed by atoms with Crippen molar-refractivity contribution in [2.75, 3.05) is 26.4 Å². The molecule has 0 aliphatic heterocycles. The zero-order valence-electron chi connectivity index (χ0n) is 9.43. The first-order valence-electron chi connectivity index (χ1n) is 4.84. The first-order chi connectivity index (χ1) is 6.75. The van der Waals surface area contributed by atoms with Crippen LogP contribution in [0.15, 0.2) is 0 Å². The van der Waals surface area contributed by atoms with Gasteiger partial charge in [-0.3, -0.25) is 4.79 Å². The van der Waals surface area contributed by atoms with E-state index in [0.717, 1.165) is 0 Å².